The number of aromatic nitrogens is 1. The highest BCUT2D eigenvalue weighted by Gasteiger charge is 2.35. The predicted octanol–water partition coefficient (Wildman–Crippen LogP) is 8.43. The maximum absolute atomic E-state index is 9.89. The molecule has 3 aliphatic rings. The van der Waals surface area contributed by atoms with Gasteiger partial charge in [-0.05, 0) is 60.6 Å². The van der Waals surface area contributed by atoms with Crippen molar-refractivity contribution in [1.29, 1.82) is 10.5 Å². The average Bonchev–Trinajstić information content (AvgIpc) is 3.47. The Morgan fingerprint density at radius 1 is 0.946 bits per heavy atom. The average molecular weight is 496 g/mol. The van der Waals surface area contributed by atoms with Crippen molar-refractivity contribution in [3.05, 3.63) is 101 Å². The van der Waals surface area contributed by atoms with Gasteiger partial charge < -0.3 is 4.57 Å². The Hall–Kier alpha value is -3.99. The van der Waals surface area contributed by atoms with Crippen LogP contribution >= 0.6 is 11.8 Å². The first-order chi connectivity index (χ1) is 18.2. The fourth-order valence-corrected chi connectivity index (χ4v) is 7.86. The number of hydrogen-bond acceptors (Lipinski definition) is 3. The van der Waals surface area contributed by atoms with E-state index in [0.29, 0.717) is 22.6 Å². The molecule has 0 radical (unpaired) electrons. The second-order valence-electron chi connectivity index (χ2n) is 10.3. The lowest BCUT2D eigenvalue weighted by molar-refractivity contribution is 0.623. The Bertz CT molecular complexity index is 1790. The summed E-state index contributed by atoms with van der Waals surface area (Å²) in [4.78, 5) is 1.34. The van der Waals surface area contributed by atoms with Gasteiger partial charge in [-0.2, -0.15) is 10.5 Å². The lowest BCUT2D eigenvalue weighted by atomic mass is 9.84. The number of allylic oxidation sites excluding steroid dienone is 5. The van der Waals surface area contributed by atoms with Crippen LogP contribution in [0.3, 0.4) is 0 Å². The third-order valence-electron chi connectivity index (χ3n) is 8.09. The van der Waals surface area contributed by atoms with Crippen LogP contribution < -0.4 is 0 Å². The van der Waals surface area contributed by atoms with E-state index >= 15 is 0 Å². The van der Waals surface area contributed by atoms with Crippen LogP contribution in [0, 0.1) is 28.6 Å². The molecule has 2 aliphatic carbocycles. The first-order valence-corrected chi connectivity index (χ1v) is 13.8. The summed E-state index contributed by atoms with van der Waals surface area (Å²) in [6, 6.07) is 26.2. The topological polar surface area (TPSA) is 52.5 Å². The normalized spacial score (nSPS) is 22.5. The quantitative estimate of drug-likeness (QED) is 0.280. The summed E-state index contributed by atoms with van der Waals surface area (Å²) in [5.41, 5.74) is 8.93. The molecule has 0 amide bonds. The standard InChI is InChI=1S/C33H25N3S/c1-20-9-12-24(22-11-14-26-25-13-10-21(18-34)16-31(25)37-32(26)17-22)30(15-20)36-28-7-3-2-6-27(28)33-23(19-35)5-4-8-29(33)36/h2-8,11-12,14-17,20,25,31H,9-10,13H2,1H3. The molecule has 3 unspecified atom stereocenters. The van der Waals surface area contributed by atoms with Crippen LogP contribution in [0.4, 0.5) is 0 Å². The highest BCUT2D eigenvalue weighted by molar-refractivity contribution is 8.00. The number of nitrogens with zero attached hydrogens (tertiary/aromatic N) is 3. The van der Waals surface area contributed by atoms with Crippen molar-refractivity contribution in [2.45, 2.75) is 42.2 Å². The monoisotopic (exact) mass is 495 g/mol. The summed E-state index contributed by atoms with van der Waals surface area (Å²) in [6.07, 6.45) is 9.91. The molecule has 3 aromatic carbocycles. The minimum Gasteiger partial charge on any atom is -0.309 e. The lowest BCUT2D eigenvalue weighted by Crippen LogP contribution is -2.13. The molecule has 7 rings (SSSR count). The van der Waals surface area contributed by atoms with Gasteiger partial charge in [0.1, 0.15) is 0 Å². The van der Waals surface area contributed by atoms with Crippen LogP contribution in [0.2, 0.25) is 0 Å². The molecule has 0 N–H and O–H groups in total. The molecule has 1 aromatic heterocycles. The van der Waals surface area contributed by atoms with Crippen molar-refractivity contribution < 1.29 is 0 Å². The maximum Gasteiger partial charge on any atom is 0.0998 e. The van der Waals surface area contributed by atoms with Gasteiger partial charge in [-0.3, -0.25) is 0 Å². The fourth-order valence-electron chi connectivity index (χ4n) is 6.34. The van der Waals surface area contributed by atoms with E-state index in [4.69, 9.17) is 0 Å². The summed E-state index contributed by atoms with van der Waals surface area (Å²) in [5.74, 6) is 0.929. The third kappa shape index (κ3) is 3.41. The van der Waals surface area contributed by atoms with Gasteiger partial charge in [0, 0.05) is 43.7 Å². The predicted molar refractivity (Wildman–Crippen MR) is 152 cm³/mol. The molecule has 3 nitrogen and oxygen atoms in total. The number of hydrogen-bond donors (Lipinski definition) is 0. The first-order valence-electron chi connectivity index (χ1n) is 12.9. The summed E-state index contributed by atoms with van der Waals surface area (Å²) < 4.78 is 2.36. The summed E-state index contributed by atoms with van der Waals surface area (Å²) in [6.45, 7) is 2.27. The molecule has 4 aromatic rings. The molecule has 0 spiro atoms. The van der Waals surface area contributed by atoms with E-state index in [1.54, 1.807) is 0 Å². The van der Waals surface area contributed by atoms with Crippen LogP contribution in [0.5, 0.6) is 0 Å². The van der Waals surface area contributed by atoms with Gasteiger partial charge >= 0.3 is 0 Å². The van der Waals surface area contributed by atoms with Gasteiger partial charge in [-0.1, -0.05) is 61.5 Å². The van der Waals surface area contributed by atoms with Gasteiger partial charge in [-0.25, -0.2) is 0 Å². The van der Waals surface area contributed by atoms with Crippen LogP contribution in [-0.2, 0) is 0 Å². The first kappa shape index (κ1) is 22.2. The van der Waals surface area contributed by atoms with Gasteiger partial charge in [0.05, 0.1) is 28.7 Å². The van der Waals surface area contributed by atoms with Gasteiger partial charge in [0.15, 0.2) is 0 Å². The molecule has 2 heterocycles. The van der Waals surface area contributed by atoms with Crippen molar-refractivity contribution in [2.75, 3.05) is 0 Å². The van der Waals surface area contributed by atoms with Gasteiger partial charge in [-0.15, -0.1) is 11.8 Å². The molecule has 1 aliphatic heterocycles. The second kappa shape index (κ2) is 8.55. The van der Waals surface area contributed by atoms with E-state index in [1.165, 1.54) is 27.3 Å². The fraction of sp³-hybridized carbons (Fsp3) is 0.212. The van der Waals surface area contributed by atoms with E-state index in [1.807, 2.05) is 23.9 Å². The Balaban J connectivity index is 1.39. The number of thioether (sulfide) groups is 1. The van der Waals surface area contributed by atoms with Gasteiger partial charge in [0.2, 0.25) is 0 Å². The number of nitriles is 2. The molecule has 3 atom stereocenters. The van der Waals surface area contributed by atoms with Crippen LogP contribution in [0.15, 0.2) is 89.4 Å². The Morgan fingerprint density at radius 2 is 1.81 bits per heavy atom. The molecule has 0 saturated heterocycles. The van der Waals surface area contributed by atoms with Gasteiger partial charge in [0.25, 0.3) is 0 Å². The molecule has 0 saturated carbocycles. The van der Waals surface area contributed by atoms with E-state index in [9.17, 15) is 10.5 Å². The van der Waals surface area contributed by atoms with Crippen molar-refractivity contribution >= 4 is 44.8 Å². The Kier molecular flexibility index (Phi) is 5.13. The highest BCUT2D eigenvalue weighted by atomic mass is 32.2. The van der Waals surface area contributed by atoms with Crippen molar-refractivity contribution in [3.63, 3.8) is 0 Å². The Labute approximate surface area is 221 Å². The lowest BCUT2D eigenvalue weighted by Gasteiger charge is -2.23. The van der Waals surface area contributed by atoms with E-state index < -0.39 is 0 Å². The minimum absolute atomic E-state index is 0.366. The van der Waals surface area contributed by atoms with Crippen molar-refractivity contribution in [3.8, 4) is 12.1 Å². The van der Waals surface area contributed by atoms with Crippen LogP contribution in [0.1, 0.15) is 48.8 Å². The zero-order chi connectivity index (χ0) is 25.1. The van der Waals surface area contributed by atoms with Crippen molar-refractivity contribution in [1.82, 2.24) is 4.57 Å². The van der Waals surface area contributed by atoms with E-state index in [0.717, 1.165) is 46.6 Å². The van der Waals surface area contributed by atoms with Crippen molar-refractivity contribution in [2.24, 2.45) is 5.92 Å². The molecule has 0 bridgehead atoms. The molecule has 37 heavy (non-hydrogen) atoms. The number of rotatable bonds is 2. The summed E-state index contributed by atoms with van der Waals surface area (Å²) in [7, 11) is 0. The Morgan fingerprint density at radius 3 is 2.68 bits per heavy atom. The second-order valence-corrected chi connectivity index (χ2v) is 11.6. The highest BCUT2D eigenvalue weighted by Crippen LogP contribution is 2.52. The minimum atomic E-state index is 0.366. The third-order valence-corrected chi connectivity index (χ3v) is 9.43. The molecule has 0 fully saturated rings. The zero-order valence-corrected chi connectivity index (χ0v) is 21.4. The molecular weight excluding hydrogens is 470 g/mol. The molecule has 4 heteroatoms. The van der Waals surface area contributed by atoms with Crippen LogP contribution in [0.25, 0.3) is 33.1 Å². The number of benzene rings is 3. The van der Waals surface area contributed by atoms with E-state index in [-0.39, 0.29) is 0 Å². The maximum atomic E-state index is 9.89. The zero-order valence-electron chi connectivity index (χ0n) is 20.6. The smallest absolute Gasteiger partial charge is 0.0998 e. The SMILES string of the molecule is CC1C=C(n2c3ccccc3c3c(C#N)cccc32)C(c2ccc3c(c2)SC2C=C(C#N)CCC32)=CC1. The summed E-state index contributed by atoms with van der Waals surface area (Å²) >= 11 is 1.91. The molecular formula is C33H25N3S. The summed E-state index contributed by atoms with van der Waals surface area (Å²) in [5, 5.41) is 21.8. The molecule has 178 valence electrons. The van der Waals surface area contributed by atoms with Crippen LogP contribution in [-0.4, -0.2) is 9.82 Å². The number of fused-ring (bicyclic) bond motifs is 6. The van der Waals surface area contributed by atoms with E-state index in [2.05, 4.69) is 90.4 Å². The number of para-hydroxylation sites is 1. The largest absolute Gasteiger partial charge is 0.309 e.